The summed E-state index contributed by atoms with van der Waals surface area (Å²) in [5, 5.41) is 12.6. The summed E-state index contributed by atoms with van der Waals surface area (Å²) in [5.41, 5.74) is 0.811. The fraction of sp³-hybridized carbons (Fsp3) is 0.667. The minimum atomic E-state index is -0.343. The van der Waals surface area contributed by atoms with Gasteiger partial charge < -0.3 is 15.3 Å². The van der Waals surface area contributed by atoms with E-state index < -0.39 is 0 Å². The lowest BCUT2D eigenvalue weighted by molar-refractivity contribution is 0.0905. The van der Waals surface area contributed by atoms with E-state index >= 15 is 0 Å². The molecule has 2 amide bonds. The van der Waals surface area contributed by atoms with Crippen LogP contribution in [0.25, 0.3) is 0 Å². The van der Waals surface area contributed by atoms with Crippen LogP contribution in [0, 0.1) is 5.92 Å². The fourth-order valence-electron chi connectivity index (χ4n) is 4.70. The Morgan fingerprint density at radius 3 is 2.60 bits per heavy atom. The SMILES string of the molecule is CC(C1CCCCC1)N1CCC(CCCO)(c2ccccc2)NC1=O. The van der Waals surface area contributed by atoms with Crippen molar-refractivity contribution in [1.29, 1.82) is 0 Å². The first-order valence-electron chi connectivity index (χ1n) is 9.91. The summed E-state index contributed by atoms with van der Waals surface area (Å²) in [5.74, 6) is 0.640. The highest BCUT2D eigenvalue weighted by Gasteiger charge is 2.41. The van der Waals surface area contributed by atoms with Crippen molar-refractivity contribution in [2.45, 2.75) is 69.9 Å². The third-order valence-corrected chi connectivity index (χ3v) is 6.30. The lowest BCUT2D eigenvalue weighted by Gasteiger charge is -2.47. The van der Waals surface area contributed by atoms with Crippen LogP contribution in [0.3, 0.4) is 0 Å². The van der Waals surface area contributed by atoms with Gasteiger partial charge in [-0.25, -0.2) is 4.79 Å². The van der Waals surface area contributed by atoms with E-state index in [2.05, 4.69) is 29.3 Å². The van der Waals surface area contributed by atoms with Gasteiger partial charge in [-0.1, -0.05) is 49.6 Å². The smallest absolute Gasteiger partial charge is 0.318 e. The standard InChI is InChI=1S/C21H32N2O2/c1-17(18-9-4-2-5-10-18)23-15-14-21(13-8-16-24,22-20(23)25)19-11-6-3-7-12-19/h3,6-7,11-12,17-18,24H,2,4-5,8-10,13-16H2,1H3,(H,22,25). The van der Waals surface area contributed by atoms with Crippen LogP contribution in [-0.4, -0.2) is 35.2 Å². The zero-order valence-corrected chi connectivity index (χ0v) is 15.4. The monoisotopic (exact) mass is 344 g/mol. The van der Waals surface area contributed by atoms with Crippen LogP contribution in [0.5, 0.6) is 0 Å². The van der Waals surface area contributed by atoms with Crippen LogP contribution in [0.2, 0.25) is 0 Å². The Morgan fingerprint density at radius 1 is 1.24 bits per heavy atom. The molecule has 3 rings (SSSR count). The van der Waals surface area contributed by atoms with Crippen LogP contribution < -0.4 is 5.32 Å². The quantitative estimate of drug-likeness (QED) is 0.818. The third kappa shape index (κ3) is 4.00. The van der Waals surface area contributed by atoms with Crippen molar-refractivity contribution in [1.82, 2.24) is 10.2 Å². The summed E-state index contributed by atoms with van der Waals surface area (Å²) in [6, 6.07) is 10.6. The number of aliphatic hydroxyl groups excluding tert-OH is 1. The van der Waals surface area contributed by atoms with E-state index in [1.807, 2.05) is 18.2 Å². The first kappa shape index (κ1) is 18.2. The molecular formula is C21H32N2O2. The summed E-state index contributed by atoms with van der Waals surface area (Å²) in [4.78, 5) is 15.0. The van der Waals surface area contributed by atoms with Crippen LogP contribution in [0.4, 0.5) is 4.79 Å². The van der Waals surface area contributed by atoms with E-state index in [-0.39, 0.29) is 18.2 Å². The molecule has 138 valence electrons. The molecule has 1 aromatic rings. The van der Waals surface area contributed by atoms with Gasteiger partial charge in [-0.05, 0) is 50.5 Å². The maximum Gasteiger partial charge on any atom is 0.318 e. The van der Waals surface area contributed by atoms with Crippen molar-refractivity contribution in [3.8, 4) is 0 Å². The van der Waals surface area contributed by atoms with Crippen LogP contribution >= 0.6 is 0 Å². The molecule has 4 nitrogen and oxygen atoms in total. The average Bonchev–Trinajstić information content (AvgIpc) is 2.67. The molecule has 0 bridgehead atoms. The molecular weight excluding hydrogens is 312 g/mol. The third-order valence-electron chi connectivity index (χ3n) is 6.30. The second-order valence-electron chi connectivity index (χ2n) is 7.79. The normalized spacial score (nSPS) is 26.3. The molecule has 2 unspecified atom stereocenters. The number of hydrogen-bond donors (Lipinski definition) is 2. The van der Waals surface area contributed by atoms with Crippen molar-refractivity contribution in [2.75, 3.05) is 13.2 Å². The van der Waals surface area contributed by atoms with Crippen molar-refractivity contribution in [3.63, 3.8) is 0 Å². The van der Waals surface area contributed by atoms with Gasteiger partial charge >= 0.3 is 6.03 Å². The summed E-state index contributed by atoms with van der Waals surface area (Å²) in [6.07, 6.45) is 8.83. The number of nitrogens with one attached hydrogen (secondary N) is 1. The number of carbonyl (C=O) groups excluding carboxylic acids is 1. The number of benzene rings is 1. The van der Waals surface area contributed by atoms with Gasteiger partial charge in [-0.2, -0.15) is 0 Å². The Morgan fingerprint density at radius 2 is 1.96 bits per heavy atom. The minimum Gasteiger partial charge on any atom is -0.396 e. The maximum atomic E-state index is 13.0. The Kier molecular flexibility index (Phi) is 6.00. The Hall–Kier alpha value is -1.55. The molecule has 25 heavy (non-hydrogen) atoms. The number of carbonyl (C=O) groups is 1. The van der Waals surface area contributed by atoms with Gasteiger partial charge in [0.1, 0.15) is 0 Å². The van der Waals surface area contributed by atoms with E-state index in [0.717, 1.165) is 24.9 Å². The maximum absolute atomic E-state index is 13.0. The van der Waals surface area contributed by atoms with Gasteiger partial charge in [0.05, 0.1) is 5.54 Å². The summed E-state index contributed by atoms with van der Waals surface area (Å²) in [6.45, 7) is 3.18. The van der Waals surface area contributed by atoms with Crippen molar-refractivity contribution < 1.29 is 9.90 Å². The Bertz CT molecular complexity index is 556. The van der Waals surface area contributed by atoms with Crippen molar-refractivity contribution in [3.05, 3.63) is 35.9 Å². The number of aliphatic hydroxyl groups is 1. The fourth-order valence-corrected chi connectivity index (χ4v) is 4.70. The Balaban J connectivity index is 1.74. The van der Waals surface area contributed by atoms with Crippen LogP contribution in [0.1, 0.15) is 63.9 Å². The van der Waals surface area contributed by atoms with Gasteiger partial charge in [0.25, 0.3) is 0 Å². The number of nitrogens with zero attached hydrogens (tertiary/aromatic N) is 1. The van der Waals surface area contributed by atoms with Crippen molar-refractivity contribution in [2.24, 2.45) is 5.92 Å². The number of urea groups is 1. The molecule has 0 radical (unpaired) electrons. The molecule has 4 heteroatoms. The zero-order valence-electron chi connectivity index (χ0n) is 15.4. The lowest BCUT2D eigenvalue weighted by Crippen LogP contribution is -2.61. The second-order valence-corrected chi connectivity index (χ2v) is 7.79. The van der Waals surface area contributed by atoms with Gasteiger partial charge in [0.15, 0.2) is 0 Å². The molecule has 0 spiro atoms. The molecule has 2 N–H and O–H groups in total. The first-order chi connectivity index (χ1) is 12.2. The van der Waals surface area contributed by atoms with E-state index in [0.29, 0.717) is 18.4 Å². The molecule has 2 aliphatic rings. The summed E-state index contributed by atoms with van der Waals surface area (Å²) < 4.78 is 0. The molecule has 1 heterocycles. The second kappa shape index (κ2) is 8.22. The molecule has 1 aliphatic heterocycles. The number of hydrogen-bond acceptors (Lipinski definition) is 2. The lowest BCUT2D eigenvalue weighted by atomic mass is 9.79. The topological polar surface area (TPSA) is 52.6 Å². The highest BCUT2D eigenvalue weighted by molar-refractivity contribution is 5.76. The molecule has 2 fully saturated rings. The zero-order chi connectivity index (χ0) is 17.7. The van der Waals surface area contributed by atoms with Crippen LogP contribution in [0.15, 0.2) is 30.3 Å². The molecule has 1 aromatic carbocycles. The molecule has 2 atom stereocenters. The number of amides is 2. The number of rotatable bonds is 6. The van der Waals surface area contributed by atoms with E-state index in [9.17, 15) is 9.90 Å². The van der Waals surface area contributed by atoms with Gasteiger partial charge in [0, 0.05) is 19.2 Å². The predicted octanol–water partition coefficient (Wildman–Crippen LogP) is 4.04. The summed E-state index contributed by atoms with van der Waals surface area (Å²) >= 11 is 0. The first-order valence-corrected chi connectivity index (χ1v) is 9.91. The highest BCUT2D eigenvalue weighted by atomic mass is 16.3. The molecule has 1 aliphatic carbocycles. The van der Waals surface area contributed by atoms with Gasteiger partial charge in [-0.15, -0.1) is 0 Å². The van der Waals surface area contributed by atoms with Crippen LogP contribution in [-0.2, 0) is 5.54 Å². The van der Waals surface area contributed by atoms with E-state index in [1.54, 1.807) is 0 Å². The predicted molar refractivity (Wildman–Crippen MR) is 100 cm³/mol. The van der Waals surface area contributed by atoms with E-state index in [4.69, 9.17) is 0 Å². The average molecular weight is 344 g/mol. The van der Waals surface area contributed by atoms with E-state index in [1.165, 1.54) is 32.1 Å². The minimum absolute atomic E-state index is 0.0612. The Labute approximate surface area is 151 Å². The highest BCUT2D eigenvalue weighted by Crippen LogP contribution is 2.36. The largest absolute Gasteiger partial charge is 0.396 e. The van der Waals surface area contributed by atoms with Gasteiger partial charge in [0.2, 0.25) is 0 Å². The molecule has 0 aromatic heterocycles. The van der Waals surface area contributed by atoms with Gasteiger partial charge in [-0.3, -0.25) is 0 Å². The molecule has 1 saturated heterocycles. The molecule has 1 saturated carbocycles. The summed E-state index contributed by atoms with van der Waals surface area (Å²) in [7, 11) is 0. The van der Waals surface area contributed by atoms with Crippen molar-refractivity contribution >= 4 is 6.03 Å².